The first-order valence-corrected chi connectivity index (χ1v) is 13.8. The van der Waals surface area contributed by atoms with E-state index in [1.165, 1.54) is 6.33 Å². The van der Waals surface area contributed by atoms with Gasteiger partial charge >= 0.3 is 0 Å². The van der Waals surface area contributed by atoms with Crippen LogP contribution in [0.15, 0.2) is 67.4 Å². The summed E-state index contributed by atoms with van der Waals surface area (Å²) in [6.45, 7) is 1.73. The number of piperidine rings is 1. The highest BCUT2D eigenvalue weighted by Gasteiger charge is 2.27. The fourth-order valence-electron chi connectivity index (χ4n) is 5.86. The maximum atomic E-state index is 13.3. The summed E-state index contributed by atoms with van der Waals surface area (Å²) in [6, 6.07) is 15.5. The van der Waals surface area contributed by atoms with Crippen molar-refractivity contribution in [3.8, 4) is 17.0 Å². The van der Waals surface area contributed by atoms with Crippen LogP contribution >= 0.6 is 0 Å². The van der Waals surface area contributed by atoms with Crippen molar-refractivity contribution in [2.24, 2.45) is 7.05 Å². The fraction of sp³-hybridized carbons (Fsp3) is 0.233. The van der Waals surface area contributed by atoms with Crippen molar-refractivity contribution in [1.29, 1.82) is 0 Å². The Morgan fingerprint density at radius 3 is 2.71 bits per heavy atom. The number of anilines is 3. The third-order valence-corrected chi connectivity index (χ3v) is 8.06. The number of carbonyl (C=O) groups is 1. The summed E-state index contributed by atoms with van der Waals surface area (Å²) < 4.78 is 9.58. The quantitative estimate of drug-likeness (QED) is 0.271. The Morgan fingerprint density at radius 1 is 1.12 bits per heavy atom. The van der Waals surface area contributed by atoms with Gasteiger partial charge in [-0.2, -0.15) is 5.10 Å². The number of aromatic nitrogens is 7. The number of benzene rings is 2. The van der Waals surface area contributed by atoms with Gasteiger partial charge in [-0.25, -0.2) is 19.6 Å². The SMILES string of the molecule is COc1cc(-c2nn(C3CCN(c4cnc[nH]4)CC3)c3ncnc(N)c23)ccc1NC(=O)c1cc2ccccc2n1C. The monoisotopic (exact) mass is 562 g/mol. The number of nitrogens with one attached hydrogen (secondary N) is 2. The lowest BCUT2D eigenvalue weighted by Crippen LogP contribution is -2.35. The zero-order valence-electron chi connectivity index (χ0n) is 23.3. The van der Waals surface area contributed by atoms with Gasteiger partial charge in [-0.05, 0) is 37.1 Å². The molecule has 0 saturated carbocycles. The van der Waals surface area contributed by atoms with Crippen molar-refractivity contribution < 1.29 is 9.53 Å². The molecule has 1 fully saturated rings. The minimum Gasteiger partial charge on any atom is -0.495 e. The van der Waals surface area contributed by atoms with E-state index in [0.717, 1.165) is 48.2 Å². The standard InChI is InChI=1S/C30H30N10O2/c1-38-22-6-4-3-5-18(22)13-23(38)30(41)36-21-8-7-19(14-24(21)42-2)27-26-28(31)34-17-35-29(26)40(37-27)20-9-11-39(12-10-20)25-15-32-16-33-25/h3-8,13-17,20H,9-12H2,1-2H3,(H,32,33)(H,36,41)(H2,31,34,35). The number of rotatable bonds is 6. The molecular formula is C30H30N10O2. The zero-order valence-corrected chi connectivity index (χ0v) is 23.3. The molecule has 0 unspecified atom stereocenters. The van der Waals surface area contributed by atoms with Gasteiger partial charge in [-0.3, -0.25) is 4.79 Å². The molecule has 6 aromatic rings. The predicted molar refractivity (Wildman–Crippen MR) is 162 cm³/mol. The van der Waals surface area contributed by atoms with Crippen LogP contribution in [0.2, 0.25) is 0 Å². The molecule has 1 aliphatic heterocycles. The van der Waals surface area contributed by atoms with Crippen LogP contribution in [0.25, 0.3) is 33.2 Å². The van der Waals surface area contributed by atoms with Gasteiger partial charge < -0.3 is 30.2 Å². The van der Waals surface area contributed by atoms with Crippen LogP contribution in [0.4, 0.5) is 17.3 Å². The van der Waals surface area contributed by atoms with Gasteiger partial charge in [0.05, 0.1) is 36.7 Å². The molecule has 0 atom stereocenters. The second-order valence-corrected chi connectivity index (χ2v) is 10.4. The topological polar surface area (TPSA) is 145 Å². The van der Waals surface area contributed by atoms with Crippen LogP contribution in [0.1, 0.15) is 29.4 Å². The molecule has 4 aromatic heterocycles. The van der Waals surface area contributed by atoms with Crippen molar-refractivity contribution in [3.05, 3.63) is 73.1 Å². The van der Waals surface area contributed by atoms with Crippen molar-refractivity contribution in [1.82, 2.24) is 34.3 Å². The molecule has 212 valence electrons. The van der Waals surface area contributed by atoms with E-state index in [9.17, 15) is 4.79 Å². The number of hydrogen-bond donors (Lipinski definition) is 3. The fourth-order valence-corrected chi connectivity index (χ4v) is 5.86. The van der Waals surface area contributed by atoms with Gasteiger partial charge in [-0.15, -0.1) is 0 Å². The summed E-state index contributed by atoms with van der Waals surface area (Å²) in [7, 11) is 3.46. The summed E-state index contributed by atoms with van der Waals surface area (Å²) in [6.07, 6.45) is 6.80. The van der Waals surface area contributed by atoms with E-state index in [1.807, 2.05) is 71.0 Å². The first-order chi connectivity index (χ1) is 20.5. The molecule has 1 aliphatic rings. The Bertz CT molecular complexity index is 1920. The van der Waals surface area contributed by atoms with E-state index < -0.39 is 0 Å². The number of aromatic amines is 1. The average Bonchev–Trinajstić information content (AvgIpc) is 3.76. The van der Waals surface area contributed by atoms with Gasteiger partial charge in [0.2, 0.25) is 0 Å². The van der Waals surface area contributed by atoms with Gasteiger partial charge in [0.1, 0.15) is 35.1 Å². The van der Waals surface area contributed by atoms with Crippen molar-refractivity contribution in [2.75, 3.05) is 36.1 Å². The number of aryl methyl sites for hydroxylation is 1. The van der Waals surface area contributed by atoms with E-state index >= 15 is 0 Å². The molecule has 42 heavy (non-hydrogen) atoms. The van der Waals surface area contributed by atoms with Crippen LogP contribution < -0.4 is 20.7 Å². The number of para-hydroxylation sites is 1. The highest BCUT2D eigenvalue weighted by atomic mass is 16.5. The van der Waals surface area contributed by atoms with Crippen molar-refractivity contribution in [3.63, 3.8) is 0 Å². The van der Waals surface area contributed by atoms with E-state index in [2.05, 4.69) is 30.2 Å². The van der Waals surface area contributed by atoms with Crippen LogP contribution in [0.5, 0.6) is 5.75 Å². The summed E-state index contributed by atoms with van der Waals surface area (Å²) in [5.41, 5.74) is 10.6. The molecule has 1 saturated heterocycles. The van der Waals surface area contributed by atoms with Gasteiger partial charge in [-0.1, -0.05) is 24.3 Å². The van der Waals surface area contributed by atoms with Crippen LogP contribution in [0, 0.1) is 0 Å². The molecule has 12 heteroatoms. The van der Waals surface area contributed by atoms with Gasteiger partial charge in [0, 0.05) is 36.6 Å². The first-order valence-electron chi connectivity index (χ1n) is 13.8. The second kappa shape index (κ2) is 10.2. The second-order valence-electron chi connectivity index (χ2n) is 10.4. The highest BCUT2D eigenvalue weighted by molar-refractivity contribution is 6.07. The predicted octanol–water partition coefficient (Wildman–Crippen LogP) is 4.39. The Hall–Kier alpha value is -5.39. The molecule has 5 heterocycles. The molecule has 4 N–H and O–H groups in total. The molecular weight excluding hydrogens is 532 g/mol. The summed E-state index contributed by atoms with van der Waals surface area (Å²) >= 11 is 0. The van der Waals surface area contributed by atoms with E-state index in [4.69, 9.17) is 15.6 Å². The molecule has 0 aliphatic carbocycles. The minimum atomic E-state index is -0.228. The molecule has 0 bridgehead atoms. The Morgan fingerprint density at radius 2 is 1.95 bits per heavy atom. The number of nitrogen functional groups attached to an aromatic ring is 1. The lowest BCUT2D eigenvalue weighted by Gasteiger charge is -2.32. The van der Waals surface area contributed by atoms with Crippen LogP contribution in [-0.4, -0.2) is 60.4 Å². The number of carbonyl (C=O) groups excluding carboxylic acids is 1. The maximum absolute atomic E-state index is 13.3. The summed E-state index contributed by atoms with van der Waals surface area (Å²) in [5, 5.41) is 9.74. The molecule has 0 spiro atoms. The smallest absolute Gasteiger partial charge is 0.272 e. The van der Waals surface area contributed by atoms with E-state index in [0.29, 0.717) is 39.7 Å². The number of amides is 1. The Labute approximate surface area is 241 Å². The number of nitrogens with two attached hydrogens (primary N) is 1. The number of imidazole rings is 1. The molecule has 0 radical (unpaired) electrons. The third-order valence-electron chi connectivity index (χ3n) is 8.06. The van der Waals surface area contributed by atoms with Gasteiger partial charge in [0.15, 0.2) is 5.65 Å². The van der Waals surface area contributed by atoms with Crippen LogP contribution in [0.3, 0.4) is 0 Å². The van der Waals surface area contributed by atoms with E-state index in [1.54, 1.807) is 13.4 Å². The Kier molecular flexibility index (Phi) is 6.22. The number of H-pyrrole nitrogens is 1. The average molecular weight is 563 g/mol. The number of nitrogens with zero attached hydrogens (tertiary/aromatic N) is 7. The summed E-state index contributed by atoms with van der Waals surface area (Å²) in [5.74, 6) is 1.66. The zero-order chi connectivity index (χ0) is 28.8. The lowest BCUT2D eigenvalue weighted by atomic mass is 10.1. The van der Waals surface area contributed by atoms with Crippen molar-refractivity contribution in [2.45, 2.75) is 18.9 Å². The number of hydrogen-bond acceptors (Lipinski definition) is 8. The Balaban J connectivity index is 1.20. The van der Waals surface area contributed by atoms with Crippen LogP contribution in [-0.2, 0) is 7.05 Å². The van der Waals surface area contributed by atoms with Crippen molar-refractivity contribution >= 4 is 45.2 Å². The molecule has 2 aromatic carbocycles. The molecule has 7 rings (SSSR count). The normalized spacial score (nSPS) is 14.1. The maximum Gasteiger partial charge on any atom is 0.272 e. The number of fused-ring (bicyclic) bond motifs is 2. The number of methoxy groups -OCH3 is 1. The summed E-state index contributed by atoms with van der Waals surface area (Å²) in [4.78, 5) is 31.7. The number of ether oxygens (including phenoxy) is 1. The molecule has 1 amide bonds. The molecule has 12 nitrogen and oxygen atoms in total. The first kappa shape index (κ1) is 25.6. The van der Waals surface area contributed by atoms with E-state index in [-0.39, 0.29) is 11.9 Å². The minimum absolute atomic E-state index is 0.149. The highest BCUT2D eigenvalue weighted by Crippen LogP contribution is 2.37. The lowest BCUT2D eigenvalue weighted by molar-refractivity contribution is 0.101. The third kappa shape index (κ3) is 4.28. The largest absolute Gasteiger partial charge is 0.495 e. The van der Waals surface area contributed by atoms with Gasteiger partial charge in [0.25, 0.3) is 5.91 Å².